The first-order valence-corrected chi connectivity index (χ1v) is 8.44. The van der Waals surface area contributed by atoms with Gasteiger partial charge in [-0.05, 0) is 12.5 Å². The molecule has 1 fully saturated rings. The van der Waals surface area contributed by atoms with Gasteiger partial charge in [-0.2, -0.15) is 10.1 Å². The molecule has 0 radical (unpaired) electrons. The van der Waals surface area contributed by atoms with Gasteiger partial charge in [0.1, 0.15) is 12.1 Å². The highest BCUT2D eigenvalue weighted by atomic mass is 16.5. The lowest BCUT2D eigenvalue weighted by atomic mass is 9.95. The monoisotopic (exact) mass is 366 g/mol. The minimum absolute atomic E-state index is 0.0810. The number of nitrogens with one attached hydrogen (secondary N) is 1. The molecule has 1 N–H and O–H groups in total. The van der Waals surface area contributed by atoms with Gasteiger partial charge in [-0.1, -0.05) is 35.5 Å². The van der Waals surface area contributed by atoms with Crippen molar-refractivity contribution < 1.29 is 14.1 Å². The van der Waals surface area contributed by atoms with Crippen LogP contribution in [0, 0.1) is 0 Å². The van der Waals surface area contributed by atoms with E-state index in [2.05, 4.69) is 20.6 Å². The molecule has 3 amide bonds. The maximum atomic E-state index is 12.9. The van der Waals surface area contributed by atoms with Gasteiger partial charge >= 0.3 is 6.03 Å². The molecule has 138 valence electrons. The number of rotatable bonds is 5. The standard InChI is InChI=1S/C18H18N6O3/c1-18(13-9-19-23(2)10-13)16(25)24(17(26)21-18)11-15-20-14(22-27-15)8-12-6-4-3-5-7-12/h3-7,9-10H,8,11H2,1-2H3,(H,21,26)/t18-/m1/s1. The first-order valence-electron chi connectivity index (χ1n) is 8.44. The summed E-state index contributed by atoms with van der Waals surface area (Å²) in [5.41, 5.74) is 0.489. The normalized spacial score (nSPS) is 19.6. The van der Waals surface area contributed by atoms with Gasteiger partial charge in [-0.15, -0.1) is 0 Å². The summed E-state index contributed by atoms with van der Waals surface area (Å²) in [6.45, 7) is 1.57. The third-order valence-corrected chi connectivity index (χ3v) is 4.57. The fraction of sp³-hybridized carbons (Fsp3) is 0.278. The minimum atomic E-state index is -1.17. The summed E-state index contributed by atoms with van der Waals surface area (Å²) in [4.78, 5) is 30.6. The number of nitrogens with zero attached hydrogens (tertiary/aromatic N) is 5. The number of benzene rings is 1. The van der Waals surface area contributed by atoms with Crippen LogP contribution in [0.15, 0.2) is 47.2 Å². The number of hydrogen-bond acceptors (Lipinski definition) is 6. The van der Waals surface area contributed by atoms with Crippen LogP contribution in [-0.4, -0.2) is 36.8 Å². The molecule has 0 unspecified atom stereocenters. The third kappa shape index (κ3) is 3.07. The molecule has 27 heavy (non-hydrogen) atoms. The molecule has 9 nitrogen and oxygen atoms in total. The molecule has 1 saturated heterocycles. The maximum Gasteiger partial charge on any atom is 0.325 e. The quantitative estimate of drug-likeness (QED) is 0.684. The van der Waals surface area contributed by atoms with E-state index in [1.807, 2.05) is 30.3 Å². The van der Waals surface area contributed by atoms with Crippen molar-refractivity contribution in [1.82, 2.24) is 30.1 Å². The molecule has 1 aliphatic rings. The topological polar surface area (TPSA) is 106 Å². The van der Waals surface area contributed by atoms with Crippen LogP contribution in [0.4, 0.5) is 4.79 Å². The highest BCUT2D eigenvalue weighted by Gasteiger charge is 2.50. The molecule has 1 aliphatic heterocycles. The largest absolute Gasteiger partial charge is 0.337 e. The number of carbonyl (C=O) groups excluding carboxylic acids is 2. The number of urea groups is 1. The van der Waals surface area contributed by atoms with E-state index < -0.39 is 11.6 Å². The number of carbonyl (C=O) groups is 2. The Morgan fingerprint density at radius 2 is 2.00 bits per heavy atom. The lowest BCUT2D eigenvalue weighted by Crippen LogP contribution is -2.40. The van der Waals surface area contributed by atoms with Crippen LogP contribution in [0.3, 0.4) is 0 Å². The number of imide groups is 1. The van der Waals surface area contributed by atoms with Crippen LogP contribution in [0.5, 0.6) is 0 Å². The zero-order valence-corrected chi connectivity index (χ0v) is 14.9. The van der Waals surface area contributed by atoms with E-state index in [0.717, 1.165) is 10.5 Å². The van der Waals surface area contributed by atoms with Crippen LogP contribution in [0.1, 0.15) is 29.8 Å². The van der Waals surface area contributed by atoms with Crippen molar-refractivity contribution in [3.05, 3.63) is 65.6 Å². The van der Waals surface area contributed by atoms with Gasteiger partial charge in [0.05, 0.1) is 6.20 Å². The summed E-state index contributed by atoms with van der Waals surface area (Å²) in [6, 6.07) is 9.22. The molecule has 9 heteroatoms. The summed E-state index contributed by atoms with van der Waals surface area (Å²) >= 11 is 0. The van der Waals surface area contributed by atoms with Gasteiger partial charge in [-0.3, -0.25) is 14.4 Å². The van der Waals surface area contributed by atoms with Crippen molar-refractivity contribution in [2.45, 2.75) is 25.4 Å². The van der Waals surface area contributed by atoms with Gasteiger partial charge in [0.2, 0.25) is 5.89 Å². The molecule has 0 saturated carbocycles. The summed E-state index contributed by atoms with van der Waals surface area (Å²) in [6.07, 6.45) is 3.77. The Hall–Kier alpha value is -3.49. The van der Waals surface area contributed by atoms with Gasteiger partial charge < -0.3 is 9.84 Å². The fourth-order valence-corrected chi connectivity index (χ4v) is 3.06. The Morgan fingerprint density at radius 3 is 2.70 bits per heavy atom. The van der Waals surface area contributed by atoms with Crippen molar-refractivity contribution >= 4 is 11.9 Å². The lowest BCUT2D eigenvalue weighted by molar-refractivity contribution is -0.131. The van der Waals surface area contributed by atoms with Gasteiger partial charge in [0.15, 0.2) is 5.82 Å². The average Bonchev–Trinajstić information content (AvgIpc) is 3.33. The van der Waals surface area contributed by atoms with E-state index in [9.17, 15) is 9.59 Å². The predicted octanol–water partition coefficient (Wildman–Crippen LogP) is 1.36. The molecule has 2 aromatic heterocycles. The fourth-order valence-electron chi connectivity index (χ4n) is 3.06. The molecule has 1 aromatic carbocycles. The predicted molar refractivity (Wildman–Crippen MR) is 93.2 cm³/mol. The van der Waals surface area contributed by atoms with Crippen LogP contribution in [0.25, 0.3) is 0 Å². The van der Waals surface area contributed by atoms with Gasteiger partial charge in [0.25, 0.3) is 5.91 Å². The van der Waals surface area contributed by atoms with E-state index >= 15 is 0 Å². The van der Waals surface area contributed by atoms with Gasteiger partial charge in [0, 0.05) is 25.2 Å². The summed E-state index contributed by atoms with van der Waals surface area (Å²) in [5.74, 6) is 0.321. The highest BCUT2D eigenvalue weighted by Crippen LogP contribution is 2.29. The van der Waals surface area contributed by atoms with Crippen LogP contribution >= 0.6 is 0 Å². The van der Waals surface area contributed by atoms with Crippen LogP contribution in [-0.2, 0) is 30.3 Å². The molecular formula is C18H18N6O3. The third-order valence-electron chi connectivity index (χ3n) is 4.57. The average molecular weight is 366 g/mol. The Bertz CT molecular complexity index is 995. The van der Waals surface area contributed by atoms with E-state index in [-0.39, 0.29) is 18.3 Å². The van der Waals surface area contributed by atoms with Crippen LogP contribution < -0.4 is 5.32 Å². The maximum absolute atomic E-state index is 12.9. The molecule has 0 aliphatic carbocycles. The molecule has 3 aromatic rings. The first-order chi connectivity index (χ1) is 13.0. The van der Waals surface area contributed by atoms with Crippen LogP contribution in [0.2, 0.25) is 0 Å². The lowest BCUT2D eigenvalue weighted by Gasteiger charge is -2.19. The van der Waals surface area contributed by atoms with Gasteiger partial charge in [-0.25, -0.2) is 4.79 Å². The molecule has 1 atom stereocenters. The summed E-state index contributed by atoms with van der Waals surface area (Å²) in [5, 5.41) is 10.7. The molecular weight excluding hydrogens is 348 g/mol. The van der Waals surface area contributed by atoms with E-state index in [1.54, 1.807) is 31.0 Å². The Morgan fingerprint density at radius 1 is 1.22 bits per heavy atom. The van der Waals surface area contributed by atoms with Crippen molar-refractivity contribution in [1.29, 1.82) is 0 Å². The molecule has 4 rings (SSSR count). The zero-order valence-electron chi connectivity index (χ0n) is 14.9. The molecule has 0 spiro atoms. The number of hydrogen-bond donors (Lipinski definition) is 1. The number of aryl methyl sites for hydroxylation is 1. The second-order valence-electron chi connectivity index (χ2n) is 6.62. The summed E-state index contributed by atoms with van der Waals surface area (Å²) in [7, 11) is 1.75. The Labute approximate surface area is 155 Å². The Balaban J connectivity index is 1.50. The van der Waals surface area contributed by atoms with E-state index in [4.69, 9.17) is 4.52 Å². The van der Waals surface area contributed by atoms with Crippen molar-refractivity contribution in [2.75, 3.05) is 0 Å². The zero-order chi connectivity index (χ0) is 19.0. The van der Waals surface area contributed by atoms with Crippen molar-refractivity contribution in [3.8, 4) is 0 Å². The minimum Gasteiger partial charge on any atom is -0.337 e. The highest BCUT2D eigenvalue weighted by molar-refractivity contribution is 6.07. The van der Waals surface area contributed by atoms with E-state index in [0.29, 0.717) is 17.8 Å². The SMILES string of the molecule is Cn1cc([C@@]2(C)NC(=O)N(Cc3nc(Cc4ccccc4)no3)C2=O)cn1. The second-order valence-corrected chi connectivity index (χ2v) is 6.62. The number of aromatic nitrogens is 4. The number of amides is 3. The Kier molecular flexibility index (Phi) is 3.98. The molecule has 0 bridgehead atoms. The van der Waals surface area contributed by atoms with Crippen molar-refractivity contribution in [3.63, 3.8) is 0 Å². The first kappa shape index (κ1) is 17.0. The summed E-state index contributed by atoms with van der Waals surface area (Å²) < 4.78 is 6.80. The van der Waals surface area contributed by atoms with E-state index in [1.165, 1.54) is 0 Å². The second kappa shape index (κ2) is 6.35. The molecule has 3 heterocycles. The van der Waals surface area contributed by atoms with Crippen molar-refractivity contribution in [2.24, 2.45) is 7.05 Å². The smallest absolute Gasteiger partial charge is 0.325 e.